The highest BCUT2D eigenvalue weighted by molar-refractivity contribution is 6.30. The first-order valence-corrected chi connectivity index (χ1v) is 5.61. The summed E-state index contributed by atoms with van der Waals surface area (Å²) in [5.41, 5.74) is 3.73. The molecule has 1 aliphatic carbocycles. The average Bonchev–Trinajstić information content (AvgIpc) is 2.08. The van der Waals surface area contributed by atoms with Crippen LogP contribution in [-0.4, -0.2) is 4.98 Å². The zero-order valence-corrected chi connectivity index (χ0v) is 9.73. The van der Waals surface area contributed by atoms with Gasteiger partial charge in [0, 0.05) is 5.69 Å². The number of nitrogens with zero attached hydrogens (tertiary/aromatic N) is 1. The molecule has 2 unspecified atom stereocenters. The molecule has 0 bridgehead atoms. The van der Waals surface area contributed by atoms with Crippen molar-refractivity contribution < 1.29 is 0 Å². The van der Waals surface area contributed by atoms with Crippen LogP contribution in [0.15, 0.2) is 6.07 Å². The lowest BCUT2D eigenvalue weighted by molar-refractivity contribution is 0.441. The summed E-state index contributed by atoms with van der Waals surface area (Å²) in [6.45, 7) is 6.58. The minimum atomic E-state index is 0.562. The van der Waals surface area contributed by atoms with Crippen LogP contribution in [0.5, 0.6) is 0 Å². The Labute approximate surface area is 90.5 Å². The maximum absolute atomic E-state index is 6.04. The fourth-order valence-electron chi connectivity index (χ4n) is 2.42. The molecule has 0 aliphatic heterocycles. The molecule has 0 aromatic carbocycles. The van der Waals surface area contributed by atoms with E-state index in [4.69, 9.17) is 11.6 Å². The molecule has 0 fully saturated rings. The number of hydrogen-bond acceptors (Lipinski definition) is 1. The monoisotopic (exact) mass is 209 g/mol. The fraction of sp³-hybridized carbons (Fsp3) is 0.583. The quantitative estimate of drug-likeness (QED) is 0.594. The lowest BCUT2D eigenvalue weighted by Gasteiger charge is -2.26. The largest absolute Gasteiger partial charge is 0.240 e. The molecule has 2 rings (SSSR count). The fourth-order valence-corrected chi connectivity index (χ4v) is 2.57. The highest BCUT2D eigenvalue weighted by Gasteiger charge is 2.23. The van der Waals surface area contributed by atoms with Crippen molar-refractivity contribution in [2.24, 2.45) is 5.92 Å². The Morgan fingerprint density at radius 3 is 2.86 bits per heavy atom. The predicted molar refractivity (Wildman–Crippen MR) is 59.9 cm³/mol. The molecule has 76 valence electrons. The van der Waals surface area contributed by atoms with E-state index in [0.29, 0.717) is 11.1 Å². The molecule has 1 aromatic heterocycles. The van der Waals surface area contributed by atoms with Crippen molar-refractivity contribution in [2.75, 3.05) is 0 Å². The van der Waals surface area contributed by atoms with Crippen molar-refractivity contribution in [1.29, 1.82) is 0 Å². The van der Waals surface area contributed by atoms with Gasteiger partial charge in [0.05, 0.1) is 0 Å². The molecule has 1 aromatic rings. The van der Waals surface area contributed by atoms with E-state index in [-0.39, 0.29) is 0 Å². The Hall–Kier alpha value is -0.560. The van der Waals surface area contributed by atoms with Crippen LogP contribution in [0.4, 0.5) is 0 Å². The molecular weight excluding hydrogens is 194 g/mol. The van der Waals surface area contributed by atoms with E-state index in [0.717, 1.165) is 17.9 Å². The Kier molecular flexibility index (Phi) is 2.52. The molecule has 0 saturated carbocycles. The Bertz CT molecular complexity index is 360. The molecule has 0 amide bonds. The van der Waals surface area contributed by atoms with Gasteiger partial charge >= 0.3 is 0 Å². The van der Waals surface area contributed by atoms with Crippen LogP contribution in [0.1, 0.15) is 43.0 Å². The van der Waals surface area contributed by atoms with Crippen LogP contribution in [0.2, 0.25) is 5.15 Å². The Balaban J connectivity index is 2.49. The van der Waals surface area contributed by atoms with Gasteiger partial charge in [0.2, 0.25) is 0 Å². The third-order valence-electron chi connectivity index (χ3n) is 3.05. The van der Waals surface area contributed by atoms with Crippen molar-refractivity contribution in [2.45, 2.75) is 39.5 Å². The average molecular weight is 210 g/mol. The first-order valence-electron chi connectivity index (χ1n) is 5.24. The van der Waals surface area contributed by atoms with Crippen LogP contribution in [0.3, 0.4) is 0 Å². The standard InChI is InChI=1S/C12H16ClN/c1-7-4-8(2)11-10(5-7)6-9(3)12(13)14-11/h6-8H,4-5H2,1-3H3. The summed E-state index contributed by atoms with van der Waals surface area (Å²) < 4.78 is 0. The highest BCUT2D eigenvalue weighted by atomic mass is 35.5. The van der Waals surface area contributed by atoms with Crippen molar-refractivity contribution in [3.8, 4) is 0 Å². The van der Waals surface area contributed by atoms with Crippen LogP contribution in [0.25, 0.3) is 0 Å². The first-order chi connectivity index (χ1) is 6.58. The number of pyridine rings is 1. The van der Waals surface area contributed by atoms with Gasteiger partial charge in [0.15, 0.2) is 0 Å². The number of aromatic nitrogens is 1. The second-order valence-corrected chi connectivity index (χ2v) is 4.94. The molecule has 1 aliphatic rings. The maximum Gasteiger partial charge on any atom is 0.132 e. The van der Waals surface area contributed by atoms with Gasteiger partial charge < -0.3 is 0 Å². The Morgan fingerprint density at radius 1 is 1.43 bits per heavy atom. The van der Waals surface area contributed by atoms with E-state index in [1.807, 2.05) is 6.92 Å². The van der Waals surface area contributed by atoms with Gasteiger partial charge in [0.25, 0.3) is 0 Å². The van der Waals surface area contributed by atoms with Crippen LogP contribution in [0, 0.1) is 12.8 Å². The molecule has 2 atom stereocenters. The summed E-state index contributed by atoms with van der Waals surface area (Å²) in [6.07, 6.45) is 2.39. The summed E-state index contributed by atoms with van der Waals surface area (Å²) in [4.78, 5) is 4.49. The SMILES string of the molecule is Cc1cc2c(nc1Cl)C(C)CC(C)C2. The minimum Gasteiger partial charge on any atom is -0.240 e. The van der Waals surface area contributed by atoms with Gasteiger partial charge in [-0.3, -0.25) is 0 Å². The summed E-state index contributed by atoms with van der Waals surface area (Å²) >= 11 is 6.04. The van der Waals surface area contributed by atoms with Crippen molar-refractivity contribution in [1.82, 2.24) is 4.98 Å². The third-order valence-corrected chi connectivity index (χ3v) is 3.44. The molecule has 0 radical (unpaired) electrons. The molecule has 2 heteroatoms. The van der Waals surface area contributed by atoms with Crippen LogP contribution in [-0.2, 0) is 6.42 Å². The molecule has 0 saturated heterocycles. The smallest absolute Gasteiger partial charge is 0.132 e. The topological polar surface area (TPSA) is 12.9 Å². The van der Waals surface area contributed by atoms with Crippen LogP contribution >= 0.6 is 11.6 Å². The second-order valence-electron chi connectivity index (χ2n) is 4.59. The molecule has 14 heavy (non-hydrogen) atoms. The van der Waals surface area contributed by atoms with Gasteiger partial charge in [0.1, 0.15) is 5.15 Å². The molecule has 1 nitrogen and oxygen atoms in total. The maximum atomic E-state index is 6.04. The minimum absolute atomic E-state index is 0.562. The van der Waals surface area contributed by atoms with Gasteiger partial charge in [-0.05, 0) is 42.7 Å². The molecule has 1 heterocycles. The number of aryl methyl sites for hydroxylation is 1. The predicted octanol–water partition coefficient (Wildman–Crippen LogP) is 3.73. The highest BCUT2D eigenvalue weighted by Crippen LogP contribution is 2.34. The lowest BCUT2D eigenvalue weighted by Crippen LogP contribution is -2.16. The van der Waals surface area contributed by atoms with Crippen LogP contribution < -0.4 is 0 Å². The van der Waals surface area contributed by atoms with Gasteiger partial charge in [-0.1, -0.05) is 31.5 Å². The van der Waals surface area contributed by atoms with E-state index in [1.165, 1.54) is 17.7 Å². The van der Waals surface area contributed by atoms with E-state index >= 15 is 0 Å². The number of fused-ring (bicyclic) bond motifs is 1. The number of halogens is 1. The third kappa shape index (κ3) is 1.66. The van der Waals surface area contributed by atoms with Crippen molar-refractivity contribution in [3.63, 3.8) is 0 Å². The van der Waals surface area contributed by atoms with E-state index < -0.39 is 0 Å². The zero-order valence-electron chi connectivity index (χ0n) is 8.97. The summed E-state index contributed by atoms with van der Waals surface area (Å²) in [6, 6.07) is 2.21. The van der Waals surface area contributed by atoms with Gasteiger partial charge in [-0.15, -0.1) is 0 Å². The molecular formula is C12H16ClN. The van der Waals surface area contributed by atoms with E-state index in [1.54, 1.807) is 0 Å². The van der Waals surface area contributed by atoms with E-state index in [2.05, 4.69) is 24.9 Å². The number of rotatable bonds is 0. The van der Waals surface area contributed by atoms with Gasteiger partial charge in [-0.2, -0.15) is 0 Å². The Morgan fingerprint density at radius 2 is 2.14 bits per heavy atom. The van der Waals surface area contributed by atoms with E-state index in [9.17, 15) is 0 Å². The molecule has 0 spiro atoms. The number of hydrogen-bond donors (Lipinski definition) is 0. The lowest BCUT2D eigenvalue weighted by atomic mass is 9.81. The molecule has 0 N–H and O–H groups in total. The summed E-state index contributed by atoms with van der Waals surface area (Å²) in [5, 5.41) is 0.671. The summed E-state index contributed by atoms with van der Waals surface area (Å²) in [5.74, 6) is 1.34. The van der Waals surface area contributed by atoms with Crippen molar-refractivity contribution in [3.05, 3.63) is 28.0 Å². The summed E-state index contributed by atoms with van der Waals surface area (Å²) in [7, 11) is 0. The van der Waals surface area contributed by atoms with Crippen molar-refractivity contribution >= 4 is 11.6 Å². The second kappa shape index (κ2) is 3.54. The first kappa shape index (κ1) is 9.97. The van der Waals surface area contributed by atoms with Gasteiger partial charge in [-0.25, -0.2) is 4.98 Å². The normalized spacial score (nSPS) is 26.0. The zero-order chi connectivity index (χ0) is 10.3.